The first-order valence-corrected chi connectivity index (χ1v) is 12.6. The van der Waals surface area contributed by atoms with Crippen LogP contribution in [0.15, 0.2) is 82.5 Å². The average molecular weight is 548 g/mol. The first-order valence-electron chi connectivity index (χ1n) is 12.6. The molecule has 1 amide bonds. The molecule has 41 heavy (non-hydrogen) atoms. The molecule has 6 aromatic rings. The Hall–Kier alpha value is -5.76. The fourth-order valence-electron chi connectivity index (χ4n) is 4.66. The highest BCUT2D eigenvalue weighted by Crippen LogP contribution is 2.31. The average Bonchev–Trinajstić information content (AvgIpc) is 3.52. The van der Waals surface area contributed by atoms with Crippen LogP contribution in [0.5, 0.6) is 0 Å². The normalized spacial score (nSPS) is 11.8. The van der Waals surface area contributed by atoms with Gasteiger partial charge in [-0.25, -0.2) is 13.9 Å². The Morgan fingerprint density at radius 2 is 2.00 bits per heavy atom. The van der Waals surface area contributed by atoms with E-state index in [0.29, 0.717) is 16.7 Å². The summed E-state index contributed by atoms with van der Waals surface area (Å²) in [7, 11) is 1.78. The molecule has 0 spiro atoms. The van der Waals surface area contributed by atoms with Crippen molar-refractivity contribution in [2.45, 2.75) is 13.0 Å². The maximum absolute atomic E-state index is 14.3. The number of nitrogens with two attached hydrogens (primary N) is 1. The van der Waals surface area contributed by atoms with E-state index in [0.717, 1.165) is 0 Å². The zero-order valence-electron chi connectivity index (χ0n) is 21.9. The van der Waals surface area contributed by atoms with Gasteiger partial charge in [0.15, 0.2) is 11.5 Å². The summed E-state index contributed by atoms with van der Waals surface area (Å²) in [5.41, 5.74) is 7.75. The SMILES string of the molecule is CC(NC(=O)c1c(N)nn2cccnc12)c1oc2cccc(C#Cc3cnn(C)c3)c2c(=O)c1-c1cccc(F)c1. The Bertz CT molecular complexity index is 2100. The van der Waals surface area contributed by atoms with Crippen molar-refractivity contribution >= 4 is 28.3 Å². The maximum Gasteiger partial charge on any atom is 0.259 e. The molecular formula is C30H22FN7O3. The number of hydrogen-bond acceptors (Lipinski definition) is 7. The van der Waals surface area contributed by atoms with Gasteiger partial charge in [0, 0.05) is 31.2 Å². The number of benzene rings is 2. The summed E-state index contributed by atoms with van der Waals surface area (Å²) in [4.78, 5) is 31.7. The van der Waals surface area contributed by atoms with Crippen LogP contribution in [0, 0.1) is 17.7 Å². The Morgan fingerprint density at radius 1 is 1.17 bits per heavy atom. The zero-order valence-corrected chi connectivity index (χ0v) is 21.9. The first-order chi connectivity index (χ1) is 19.8. The van der Waals surface area contributed by atoms with Gasteiger partial charge in [-0.15, -0.1) is 5.10 Å². The molecule has 4 aromatic heterocycles. The molecule has 4 heterocycles. The second-order valence-corrected chi connectivity index (χ2v) is 9.36. The fourth-order valence-corrected chi connectivity index (χ4v) is 4.66. The molecule has 202 valence electrons. The molecular weight excluding hydrogens is 525 g/mol. The summed E-state index contributed by atoms with van der Waals surface area (Å²) in [6.45, 7) is 1.66. The Kier molecular flexibility index (Phi) is 6.28. The molecule has 0 radical (unpaired) electrons. The van der Waals surface area contributed by atoms with Gasteiger partial charge in [0.05, 0.1) is 28.8 Å². The van der Waals surface area contributed by atoms with Crippen LogP contribution in [-0.4, -0.2) is 30.3 Å². The lowest BCUT2D eigenvalue weighted by Gasteiger charge is -2.18. The van der Waals surface area contributed by atoms with Crippen LogP contribution in [-0.2, 0) is 7.05 Å². The molecule has 11 heteroatoms. The minimum Gasteiger partial charge on any atom is -0.458 e. The fraction of sp³-hybridized carbons (Fsp3) is 0.100. The third-order valence-electron chi connectivity index (χ3n) is 6.50. The highest BCUT2D eigenvalue weighted by molar-refractivity contribution is 6.04. The van der Waals surface area contributed by atoms with Crippen molar-refractivity contribution in [3.63, 3.8) is 0 Å². The topological polar surface area (TPSA) is 133 Å². The van der Waals surface area contributed by atoms with Crippen LogP contribution in [0.4, 0.5) is 10.2 Å². The van der Waals surface area contributed by atoms with Crippen LogP contribution in [0.25, 0.3) is 27.7 Å². The number of aromatic nitrogens is 5. The molecule has 0 aliphatic rings. The molecule has 6 rings (SSSR count). The van der Waals surface area contributed by atoms with Crippen LogP contribution in [0.3, 0.4) is 0 Å². The molecule has 0 aliphatic carbocycles. The summed E-state index contributed by atoms with van der Waals surface area (Å²) in [5, 5.41) is 11.3. The Labute approximate surface area is 232 Å². The number of halogens is 1. The van der Waals surface area contributed by atoms with Crippen molar-refractivity contribution in [3.05, 3.63) is 112 Å². The number of nitrogen functional groups attached to an aromatic ring is 1. The molecule has 0 saturated heterocycles. The number of nitrogens with zero attached hydrogens (tertiary/aromatic N) is 5. The highest BCUT2D eigenvalue weighted by Gasteiger charge is 2.26. The minimum absolute atomic E-state index is 0.00412. The van der Waals surface area contributed by atoms with Crippen LogP contribution in [0.1, 0.15) is 40.2 Å². The smallest absolute Gasteiger partial charge is 0.259 e. The number of aryl methyl sites for hydroxylation is 1. The van der Waals surface area contributed by atoms with E-state index in [1.807, 2.05) is 0 Å². The van der Waals surface area contributed by atoms with Crippen molar-refractivity contribution in [1.82, 2.24) is 29.7 Å². The van der Waals surface area contributed by atoms with Crippen molar-refractivity contribution in [1.29, 1.82) is 0 Å². The van der Waals surface area contributed by atoms with E-state index in [1.165, 1.54) is 28.9 Å². The molecule has 10 nitrogen and oxygen atoms in total. The van der Waals surface area contributed by atoms with Gasteiger partial charge < -0.3 is 15.5 Å². The van der Waals surface area contributed by atoms with Gasteiger partial charge in [0.1, 0.15) is 22.7 Å². The van der Waals surface area contributed by atoms with Gasteiger partial charge >= 0.3 is 0 Å². The lowest BCUT2D eigenvalue weighted by atomic mass is 9.97. The number of hydrogen-bond donors (Lipinski definition) is 2. The number of amides is 1. The predicted octanol–water partition coefficient (Wildman–Crippen LogP) is 3.85. The van der Waals surface area contributed by atoms with E-state index >= 15 is 0 Å². The number of carbonyl (C=O) groups is 1. The van der Waals surface area contributed by atoms with Crippen LogP contribution in [0.2, 0.25) is 0 Å². The Morgan fingerprint density at radius 3 is 2.78 bits per heavy atom. The number of carbonyl (C=O) groups excluding carboxylic acids is 1. The quantitative estimate of drug-likeness (QED) is 0.320. The summed E-state index contributed by atoms with van der Waals surface area (Å²) >= 11 is 0. The minimum atomic E-state index is -0.832. The summed E-state index contributed by atoms with van der Waals surface area (Å²) in [6, 6.07) is 11.5. The lowest BCUT2D eigenvalue weighted by molar-refractivity contribution is 0.0938. The van der Waals surface area contributed by atoms with Crippen molar-refractivity contribution in [2.24, 2.45) is 7.05 Å². The number of nitrogens with one attached hydrogen (secondary N) is 1. The number of rotatable bonds is 4. The van der Waals surface area contributed by atoms with Gasteiger partial charge in [-0.1, -0.05) is 30.0 Å². The van der Waals surface area contributed by atoms with Gasteiger partial charge in [0.2, 0.25) is 5.43 Å². The molecule has 1 unspecified atom stereocenters. The summed E-state index contributed by atoms with van der Waals surface area (Å²) in [5.74, 6) is 5.09. The van der Waals surface area contributed by atoms with E-state index in [1.54, 1.807) is 67.6 Å². The second kappa shape index (κ2) is 10.1. The molecule has 3 N–H and O–H groups in total. The van der Waals surface area contributed by atoms with E-state index in [2.05, 4.69) is 32.3 Å². The molecule has 0 bridgehead atoms. The van der Waals surface area contributed by atoms with Gasteiger partial charge in [-0.3, -0.25) is 14.3 Å². The van der Waals surface area contributed by atoms with E-state index in [-0.39, 0.29) is 39.3 Å². The van der Waals surface area contributed by atoms with Crippen LogP contribution >= 0.6 is 0 Å². The highest BCUT2D eigenvalue weighted by atomic mass is 19.1. The monoisotopic (exact) mass is 547 g/mol. The van der Waals surface area contributed by atoms with Crippen LogP contribution < -0.4 is 16.5 Å². The van der Waals surface area contributed by atoms with Crippen molar-refractivity contribution in [3.8, 4) is 23.0 Å². The molecule has 0 fully saturated rings. The van der Waals surface area contributed by atoms with Gasteiger partial charge in [0.25, 0.3) is 5.91 Å². The van der Waals surface area contributed by atoms with Crippen molar-refractivity contribution in [2.75, 3.05) is 5.73 Å². The predicted molar refractivity (Wildman–Crippen MR) is 150 cm³/mol. The van der Waals surface area contributed by atoms with E-state index < -0.39 is 23.2 Å². The molecule has 2 aromatic carbocycles. The lowest BCUT2D eigenvalue weighted by Crippen LogP contribution is -2.29. The largest absolute Gasteiger partial charge is 0.458 e. The third-order valence-corrected chi connectivity index (χ3v) is 6.50. The standard InChI is InChI=1S/C30H22FN7O3/c1-17(35-30(40)25-28(32)36-38-13-5-12-33-29(25)38)27-24(20-7-3-8-21(31)14-20)26(39)23-19(6-4-9-22(23)41-27)11-10-18-15-34-37(2)16-18/h3-9,12-17H,1-2H3,(H2,32,36)(H,35,40). The van der Waals surface area contributed by atoms with Gasteiger partial charge in [-0.05, 0) is 42.8 Å². The van der Waals surface area contributed by atoms with Crippen molar-refractivity contribution < 1.29 is 13.6 Å². The summed E-state index contributed by atoms with van der Waals surface area (Å²) < 4.78 is 23.6. The first kappa shape index (κ1) is 25.5. The number of anilines is 1. The molecule has 0 saturated carbocycles. The molecule has 1 atom stereocenters. The molecule has 0 aliphatic heterocycles. The maximum atomic E-state index is 14.3. The number of fused-ring (bicyclic) bond motifs is 2. The zero-order chi connectivity index (χ0) is 28.7. The van der Waals surface area contributed by atoms with Gasteiger partial charge in [-0.2, -0.15) is 5.10 Å². The summed E-state index contributed by atoms with van der Waals surface area (Å²) in [6.07, 6.45) is 6.52. The second-order valence-electron chi connectivity index (χ2n) is 9.36. The van der Waals surface area contributed by atoms with E-state index in [4.69, 9.17) is 10.2 Å². The third kappa shape index (κ3) is 4.68. The Balaban J connectivity index is 1.49. The van der Waals surface area contributed by atoms with E-state index in [9.17, 15) is 14.0 Å².